The predicted octanol–water partition coefficient (Wildman–Crippen LogP) is 2.25. The first-order valence-corrected chi connectivity index (χ1v) is 6.87. The molecule has 2 rings (SSSR count). The van der Waals surface area contributed by atoms with Crippen LogP contribution in [0.3, 0.4) is 0 Å². The summed E-state index contributed by atoms with van der Waals surface area (Å²) in [4.78, 5) is 14.0. The molecule has 1 aliphatic rings. The van der Waals surface area contributed by atoms with Crippen molar-refractivity contribution in [1.29, 1.82) is 0 Å². The minimum absolute atomic E-state index is 0. The third-order valence-electron chi connectivity index (χ3n) is 3.67. The molecule has 0 spiro atoms. The molecule has 1 unspecified atom stereocenters. The second-order valence-corrected chi connectivity index (χ2v) is 5.18. The van der Waals surface area contributed by atoms with Gasteiger partial charge in [-0.2, -0.15) is 0 Å². The Hall–Kier alpha value is -1.13. The number of carbonyl (C=O) groups excluding carboxylic acids is 1. The molecule has 0 saturated carbocycles. The number of benzene rings is 1. The fraction of sp³-hybridized carbons (Fsp3) is 0.533. The molecule has 0 aromatic heterocycles. The average molecular weight is 301 g/mol. The maximum atomic E-state index is 12.8. The van der Waals surface area contributed by atoms with Crippen LogP contribution in [-0.4, -0.2) is 37.5 Å². The third-order valence-corrected chi connectivity index (χ3v) is 3.67. The Bertz CT molecular complexity index is 418. The summed E-state index contributed by atoms with van der Waals surface area (Å²) in [5, 5.41) is 3.26. The van der Waals surface area contributed by atoms with Gasteiger partial charge in [-0.05, 0) is 43.5 Å². The summed E-state index contributed by atoms with van der Waals surface area (Å²) in [5.41, 5.74) is 1.06. The first-order valence-electron chi connectivity index (χ1n) is 6.87. The van der Waals surface area contributed by atoms with Gasteiger partial charge < -0.3 is 10.2 Å². The standard InChI is InChI=1S/C15H21FN2O.ClH/c1-18(15(19)13-3-2-9-17-11-13)10-8-12-4-6-14(16)7-5-12;/h4-7,13,17H,2-3,8-11H2,1H3;1H. The highest BCUT2D eigenvalue weighted by atomic mass is 35.5. The highest BCUT2D eigenvalue weighted by molar-refractivity contribution is 5.85. The van der Waals surface area contributed by atoms with E-state index >= 15 is 0 Å². The van der Waals surface area contributed by atoms with Gasteiger partial charge in [0.1, 0.15) is 5.82 Å². The van der Waals surface area contributed by atoms with E-state index in [0.717, 1.165) is 37.9 Å². The van der Waals surface area contributed by atoms with Crippen molar-refractivity contribution < 1.29 is 9.18 Å². The molecule has 1 aromatic carbocycles. The Morgan fingerprint density at radius 2 is 2.10 bits per heavy atom. The third kappa shape index (κ3) is 4.76. The molecule has 1 aromatic rings. The van der Waals surface area contributed by atoms with Crippen LogP contribution in [0.4, 0.5) is 4.39 Å². The molecule has 3 nitrogen and oxygen atoms in total. The van der Waals surface area contributed by atoms with E-state index in [4.69, 9.17) is 0 Å². The first kappa shape index (κ1) is 16.9. The zero-order valence-corrected chi connectivity index (χ0v) is 12.6. The van der Waals surface area contributed by atoms with Crippen LogP contribution >= 0.6 is 12.4 Å². The van der Waals surface area contributed by atoms with Crippen LogP contribution in [-0.2, 0) is 11.2 Å². The van der Waals surface area contributed by atoms with E-state index in [1.54, 1.807) is 17.0 Å². The summed E-state index contributed by atoms with van der Waals surface area (Å²) in [7, 11) is 1.85. The van der Waals surface area contributed by atoms with Gasteiger partial charge in [0.25, 0.3) is 0 Å². The van der Waals surface area contributed by atoms with Crippen molar-refractivity contribution in [3.63, 3.8) is 0 Å². The molecule has 20 heavy (non-hydrogen) atoms. The van der Waals surface area contributed by atoms with Crippen molar-refractivity contribution in [3.05, 3.63) is 35.6 Å². The molecule has 1 N–H and O–H groups in total. The van der Waals surface area contributed by atoms with Crippen molar-refractivity contribution in [2.75, 3.05) is 26.7 Å². The number of hydrogen-bond acceptors (Lipinski definition) is 2. The normalized spacial score (nSPS) is 18.2. The first-order chi connectivity index (χ1) is 9.16. The summed E-state index contributed by atoms with van der Waals surface area (Å²) in [5.74, 6) is 0.114. The second kappa shape index (κ2) is 8.22. The molecule has 1 heterocycles. The number of nitrogens with one attached hydrogen (secondary N) is 1. The maximum absolute atomic E-state index is 12.8. The molecule has 0 bridgehead atoms. The molecule has 1 saturated heterocycles. The van der Waals surface area contributed by atoms with Crippen LogP contribution in [0, 0.1) is 11.7 Å². The van der Waals surface area contributed by atoms with Gasteiger partial charge in [-0.15, -0.1) is 12.4 Å². The maximum Gasteiger partial charge on any atom is 0.226 e. The molecular formula is C15H22ClFN2O. The molecule has 0 aliphatic carbocycles. The monoisotopic (exact) mass is 300 g/mol. The second-order valence-electron chi connectivity index (χ2n) is 5.18. The van der Waals surface area contributed by atoms with Crippen molar-refractivity contribution >= 4 is 18.3 Å². The Morgan fingerprint density at radius 3 is 2.70 bits per heavy atom. The summed E-state index contributed by atoms with van der Waals surface area (Å²) >= 11 is 0. The van der Waals surface area contributed by atoms with Gasteiger partial charge in [0, 0.05) is 20.1 Å². The predicted molar refractivity (Wildman–Crippen MR) is 80.6 cm³/mol. The topological polar surface area (TPSA) is 32.3 Å². The Labute approximate surface area is 125 Å². The van der Waals surface area contributed by atoms with E-state index in [1.807, 2.05) is 7.05 Å². The van der Waals surface area contributed by atoms with Crippen molar-refractivity contribution in [3.8, 4) is 0 Å². The number of piperidine rings is 1. The lowest BCUT2D eigenvalue weighted by Gasteiger charge is -2.27. The zero-order valence-electron chi connectivity index (χ0n) is 11.8. The highest BCUT2D eigenvalue weighted by Crippen LogP contribution is 2.13. The fourth-order valence-electron chi connectivity index (χ4n) is 2.43. The summed E-state index contributed by atoms with van der Waals surface area (Å²) in [6.07, 6.45) is 2.82. The summed E-state index contributed by atoms with van der Waals surface area (Å²) in [6.45, 7) is 2.49. The lowest BCUT2D eigenvalue weighted by molar-refractivity contribution is -0.134. The number of halogens is 2. The van der Waals surface area contributed by atoms with E-state index in [0.29, 0.717) is 6.54 Å². The smallest absolute Gasteiger partial charge is 0.226 e. The Morgan fingerprint density at radius 1 is 1.40 bits per heavy atom. The highest BCUT2D eigenvalue weighted by Gasteiger charge is 2.23. The Balaban J connectivity index is 0.00000200. The molecule has 1 aliphatic heterocycles. The van der Waals surface area contributed by atoms with Crippen LogP contribution in [0.15, 0.2) is 24.3 Å². The van der Waals surface area contributed by atoms with Crippen LogP contribution in [0.5, 0.6) is 0 Å². The van der Waals surface area contributed by atoms with E-state index in [2.05, 4.69) is 5.32 Å². The van der Waals surface area contributed by atoms with Crippen LogP contribution in [0.2, 0.25) is 0 Å². The van der Waals surface area contributed by atoms with Gasteiger partial charge in [-0.1, -0.05) is 12.1 Å². The molecule has 112 valence electrons. The van der Waals surface area contributed by atoms with Crippen molar-refractivity contribution in [1.82, 2.24) is 10.2 Å². The lowest BCUT2D eigenvalue weighted by atomic mass is 9.98. The number of rotatable bonds is 4. The number of nitrogens with zero attached hydrogens (tertiary/aromatic N) is 1. The van der Waals surface area contributed by atoms with Gasteiger partial charge in [-0.25, -0.2) is 4.39 Å². The number of likely N-dealkylation sites (N-methyl/N-ethyl adjacent to an activating group) is 1. The van der Waals surface area contributed by atoms with Crippen LogP contribution < -0.4 is 5.32 Å². The van der Waals surface area contributed by atoms with Gasteiger partial charge in [0.05, 0.1) is 5.92 Å². The molecular weight excluding hydrogens is 279 g/mol. The average Bonchev–Trinajstić information content (AvgIpc) is 2.46. The van der Waals surface area contributed by atoms with Gasteiger partial charge in [-0.3, -0.25) is 4.79 Å². The number of carbonyl (C=O) groups is 1. The van der Waals surface area contributed by atoms with Gasteiger partial charge >= 0.3 is 0 Å². The molecule has 5 heteroatoms. The minimum atomic E-state index is -0.221. The minimum Gasteiger partial charge on any atom is -0.345 e. The molecule has 1 atom stereocenters. The van der Waals surface area contributed by atoms with E-state index < -0.39 is 0 Å². The Kier molecular flexibility index (Phi) is 6.96. The number of hydrogen-bond donors (Lipinski definition) is 1. The zero-order chi connectivity index (χ0) is 13.7. The lowest BCUT2D eigenvalue weighted by Crippen LogP contribution is -2.42. The van der Waals surface area contributed by atoms with E-state index in [-0.39, 0.29) is 30.0 Å². The van der Waals surface area contributed by atoms with E-state index in [1.165, 1.54) is 12.1 Å². The SMILES string of the molecule is CN(CCc1ccc(F)cc1)C(=O)C1CCCNC1.Cl. The van der Waals surface area contributed by atoms with Crippen LogP contribution in [0.1, 0.15) is 18.4 Å². The van der Waals surface area contributed by atoms with Gasteiger partial charge in [0.2, 0.25) is 5.91 Å². The quantitative estimate of drug-likeness (QED) is 0.925. The molecule has 1 amide bonds. The molecule has 1 fully saturated rings. The van der Waals surface area contributed by atoms with E-state index in [9.17, 15) is 9.18 Å². The van der Waals surface area contributed by atoms with Crippen molar-refractivity contribution in [2.45, 2.75) is 19.3 Å². The van der Waals surface area contributed by atoms with Crippen molar-refractivity contribution in [2.24, 2.45) is 5.92 Å². The fourth-order valence-corrected chi connectivity index (χ4v) is 2.43. The summed E-state index contributed by atoms with van der Waals surface area (Å²) < 4.78 is 12.8. The largest absolute Gasteiger partial charge is 0.345 e. The van der Waals surface area contributed by atoms with Gasteiger partial charge in [0.15, 0.2) is 0 Å². The van der Waals surface area contributed by atoms with Crippen LogP contribution in [0.25, 0.3) is 0 Å². The summed E-state index contributed by atoms with van der Waals surface area (Å²) in [6, 6.07) is 6.47. The molecule has 0 radical (unpaired) electrons. The number of amides is 1.